The van der Waals surface area contributed by atoms with Crippen LogP contribution in [0.1, 0.15) is 58.8 Å². The zero-order chi connectivity index (χ0) is 27.8. The Labute approximate surface area is 242 Å². The molecule has 3 saturated carbocycles. The quantitative estimate of drug-likeness (QED) is 0.429. The number of nitrogens with zero attached hydrogens (tertiary/aromatic N) is 1. The van der Waals surface area contributed by atoms with Gasteiger partial charge in [0.05, 0.1) is 5.97 Å². The van der Waals surface area contributed by atoms with Crippen LogP contribution in [0, 0.1) is 34.5 Å². The average Bonchev–Trinajstić information content (AvgIpc) is 3.17. The first-order valence-electron chi connectivity index (χ1n) is 14.5. The number of hydrogen-bond donors (Lipinski definition) is 1. The smallest absolute Gasteiger partial charge is 0.243 e. The van der Waals surface area contributed by atoms with Gasteiger partial charge in [-0.1, -0.05) is 19.4 Å². The molecule has 7 atom stereocenters. The molecule has 1 aliphatic heterocycles. The molecule has 1 heterocycles. The second-order valence-electron chi connectivity index (χ2n) is 12.5. The highest BCUT2D eigenvalue weighted by Crippen LogP contribution is 2.66. The van der Waals surface area contributed by atoms with Crippen molar-refractivity contribution in [3.8, 4) is 5.75 Å². The number of halogens is 2. The van der Waals surface area contributed by atoms with Crippen LogP contribution < -0.4 is 20.1 Å². The van der Waals surface area contributed by atoms with Gasteiger partial charge in [-0.05, 0) is 97.8 Å². The number of rotatable bonds is 9. The fourth-order valence-corrected chi connectivity index (χ4v) is 9.26. The van der Waals surface area contributed by atoms with Crippen molar-refractivity contribution in [1.82, 2.24) is 5.32 Å². The lowest BCUT2D eigenvalue weighted by Crippen LogP contribution is -2.54. The van der Waals surface area contributed by atoms with Gasteiger partial charge >= 0.3 is 0 Å². The number of carboxylic acid groups (broad SMARTS) is 1. The topological polar surface area (TPSA) is 81.7 Å². The predicted molar refractivity (Wildman–Crippen MR) is 153 cm³/mol. The third-order valence-electron chi connectivity index (χ3n) is 10.8. The molecule has 0 bridgehead atoms. The molecule has 214 valence electrons. The monoisotopic (exact) mass is 575 g/mol. The molecule has 3 aliphatic carbocycles. The lowest BCUT2D eigenvalue weighted by Gasteiger charge is -2.57. The molecule has 5 rings (SSSR count). The molecule has 1 aromatic carbocycles. The third-order valence-corrected chi connectivity index (χ3v) is 11.2. The van der Waals surface area contributed by atoms with Crippen molar-refractivity contribution in [2.24, 2.45) is 34.5 Å². The molecule has 1 unspecified atom stereocenters. The first-order valence-corrected chi connectivity index (χ1v) is 15.6. The summed E-state index contributed by atoms with van der Waals surface area (Å²) in [6, 6.07) is 7.55. The van der Waals surface area contributed by atoms with E-state index in [2.05, 4.69) is 24.1 Å². The Morgan fingerprint density at radius 1 is 1.08 bits per heavy atom. The number of amides is 1. The van der Waals surface area contributed by atoms with Crippen LogP contribution in [-0.4, -0.2) is 49.4 Å². The summed E-state index contributed by atoms with van der Waals surface area (Å²) in [6.45, 7) is 6.75. The summed E-state index contributed by atoms with van der Waals surface area (Å²) in [7, 11) is 0. The molecule has 0 spiro atoms. The maximum atomic E-state index is 12.5. The summed E-state index contributed by atoms with van der Waals surface area (Å²) in [4.78, 5) is 26.9. The molecular weight excluding hydrogens is 535 g/mol. The van der Waals surface area contributed by atoms with Crippen molar-refractivity contribution >= 4 is 40.8 Å². The van der Waals surface area contributed by atoms with Gasteiger partial charge in [0.15, 0.2) is 0 Å². The van der Waals surface area contributed by atoms with Gasteiger partial charge in [0.1, 0.15) is 11.9 Å². The standard InChI is InChI=1S/C31H42Cl2N2O4/c1-30-13-16-34-27(36)19-20(30)3-8-23-24-9-10-26(31(24,2)12-11-25(23)30)28(29(37)38)39-22-6-4-21(5-7-22)35(17-14-32)18-15-33/h4-7,19,23-26,28H,3,8-18H2,1-2H3,(H,34,36)(H,37,38)/p-1/t23-,24+,25+,26-,28?,30+,31+/m1/s1. The summed E-state index contributed by atoms with van der Waals surface area (Å²) in [5.74, 6) is 1.88. The van der Waals surface area contributed by atoms with E-state index in [1.165, 1.54) is 5.57 Å². The summed E-state index contributed by atoms with van der Waals surface area (Å²) >= 11 is 11.9. The Kier molecular flexibility index (Phi) is 8.45. The average molecular weight is 577 g/mol. The molecule has 0 saturated heterocycles. The normalized spacial score (nSPS) is 34.5. The van der Waals surface area contributed by atoms with Crippen molar-refractivity contribution < 1.29 is 19.4 Å². The van der Waals surface area contributed by atoms with Crippen LogP contribution in [0.4, 0.5) is 5.69 Å². The number of carbonyl (C=O) groups is 2. The lowest BCUT2D eigenvalue weighted by molar-refractivity contribution is -0.317. The van der Waals surface area contributed by atoms with E-state index >= 15 is 0 Å². The minimum Gasteiger partial charge on any atom is -0.546 e. The number of hydrogen-bond acceptors (Lipinski definition) is 5. The first kappa shape index (κ1) is 28.6. The predicted octanol–water partition coefficient (Wildman–Crippen LogP) is 4.77. The first-order chi connectivity index (χ1) is 18.7. The van der Waals surface area contributed by atoms with Crippen LogP contribution in [0.2, 0.25) is 0 Å². The number of ether oxygens (including phenoxy) is 1. The molecule has 4 aliphatic rings. The summed E-state index contributed by atoms with van der Waals surface area (Å²) in [6.07, 6.45) is 7.78. The van der Waals surface area contributed by atoms with Gasteiger partial charge in [-0.15, -0.1) is 23.2 Å². The molecule has 8 heteroatoms. The van der Waals surface area contributed by atoms with E-state index in [-0.39, 0.29) is 22.7 Å². The zero-order valence-electron chi connectivity index (χ0n) is 23.1. The second kappa shape index (κ2) is 11.5. The van der Waals surface area contributed by atoms with E-state index in [1.807, 2.05) is 30.3 Å². The molecule has 3 fully saturated rings. The van der Waals surface area contributed by atoms with Gasteiger partial charge in [-0.3, -0.25) is 4.79 Å². The third kappa shape index (κ3) is 5.28. The van der Waals surface area contributed by atoms with E-state index in [0.717, 1.165) is 57.2 Å². The highest BCUT2D eigenvalue weighted by molar-refractivity contribution is 6.18. The van der Waals surface area contributed by atoms with Crippen molar-refractivity contribution in [2.45, 2.75) is 64.9 Å². The molecular formula is C31H41Cl2N2O4-. The van der Waals surface area contributed by atoms with Crippen LogP contribution >= 0.6 is 23.2 Å². The number of nitrogens with one attached hydrogen (secondary N) is 1. The minimum atomic E-state index is -1.13. The van der Waals surface area contributed by atoms with Crippen molar-refractivity contribution in [3.05, 3.63) is 35.9 Å². The van der Waals surface area contributed by atoms with E-state index in [4.69, 9.17) is 27.9 Å². The Morgan fingerprint density at radius 2 is 1.79 bits per heavy atom. The van der Waals surface area contributed by atoms with Gasteiger partial charge in [-0.2, -0.15) is 0 Å². The Balaban J connectivity index is 1.34. The van der Waals surface area contributed by atoms with Gasteiger partial charge in [0.2, 0.25) is 5.91 Å². The van der Waals surface area contributed by atoms with Crippen LogP contribution in [0.5, 0.6) is 5.75 Å². The van der Waals surface area contributed by atoms with E-state index < -0.39 is 12.1 Å². The van der Waals surface area contributed by atoms with Gasteiger partial charge in [0.25, 0.3) is 0 Å². The number of carbonyl (C=O) groups excluding carboxylic acids is 2. The van der Waals surface area contributed by atoms with E-state index in [0.29, 0.717) is 48.4 Å². The molecule has 0 radical (unpaired) electrons. The fourth-order valence-electron chi connectivity index (χ4n) is 8.85. The molecule has 0 aromatic heterocycles. The maximum Gasteiger partial charge on any atom is 0.243 e. The van der Waals surface area contributed by atoms with Crippen LogP contribution in [-0.2, 0) is 9.59 Å². The Morgan fingerprint density at radius 3 is 2.46 bits per heavy atom. The number of anilines is 1. The summed E-state index contributed by atoms with van der Waals surface area (Å²) < 4.78 is 6.21. The molecule has 6 nitrogen and oxygen atoms in total. The fraction of sp³-hybridized carbons (Fsp3) is 0.677. The zero-order valence-corrected chi connectivity index (χ0v) is 24.6. The summed E-state index contributed by atoms with van der Waals surface area (Å²) in [5, 5.41) is 15.6. The number of allylic oxidation sites excluding steroid dienone is 1. The number of benzene rings is 1. The van der Waals surface area contributed by atoms with Crippen molar-refractivity contribution in [1.29, 1.82) is 0 Å². The van der Waals surface area contributed by atoms with E-state index in [1.54, 1.807) is 0 Å². The molecule has 1 amide bonds. The molecule has 39 heavy (non-hydrogen) atoms. The number of carboxylic acids is 1. The van der Waals surface area contributed by atoms with E-state index in [9.17, 15) is 14.7 Å². The SMILES string of the molecule is C[C@]12CC[C@H]3[C@H](CCC4=CC(=O)NCC[C@@]43C)[C@@H]1CC[C@@H]2C(Oc1ccc(N(CCCl)CCCl)cc1)C(=O)[O-]. The number of aliphatic carboxylic acids is 1. The van der Waals surface area contributed by atoms with Crippen LogP contribution in [0.15, 0.2) is 35.9 Å². The van der Waals surface area contributed by atoms with Crippen molar-refractivity contribution in [3.63, 3.8) is 0 Å². The lowest BCUT2D eigenvalue weighted by atomic mass is 9.47. The molecule has 1 aromatic rings. The van der Waals surface area contributed by atoms with Crippen LogP contribution in [0.3, 0.4) is 0 Å². The Bertz CT molecular complexity index is 1090. The highest BCUT2D eigenvalue weighted by Gasteiger charge is 2.60. The van der Waals surface area contributed by atoms with Gasteiger partial charge in [-0.25, -0.2) is 0 Å². The summed E-state index contributed by atoms with van der Waals surface area (Å²) in [5.41, 5.74) is 2.22. The largest absolute Gasteiger partial charge is 0.546 e. The van der Waals surface area contributed by atoms with Crippen molar-refractivity contribution in [2.75, 3.05) is 36.3 Å². The maximum absolute atomic E-state index is 12.5. The number of fused-ring (bicyclic) bond motifs is 5. The second-order valence-corrected chi connectivity index (χ2v) is 13.2. The number of alkyl halides is 2. The molecule has 1 N–H and O–H groups in total. The minimum absolute atomic E-state index is 0.0360. The van der Waals surface area contributed by atoms with Gasteiger partial charge in [0, 0.05) is 49.1 Å². The highest BCUT2D eigenvalue weighted by atomic mass is 35.5. The van der Waals surface area contributed by atoms with Crippen LogP contribution in [0.25, 0.3) is 0 Å². The van der Waals surface area contributed by atoms with Gasteiger partial charge < -0.3 is 24.9 Å². The Hall–Kier alpha value is -1.92.